The van der Waals surface area contributed by atoms with E-state index in [9.17, 15) is 4.79 Å². The van der Waals surface area contributed by atoms with Gasteiger partial charge in [-0.3, -0.25) is 9.78 Å². The first-order chi connectivity index (χ1) is 9.11. The van der Waals surface area contributed by atoms with Crippen molar-refractivity contribution in [2.75, 3.05) is 12.8 Å². The second-order valence-corrected chi connectivity index (χ2v) is 4.38. The highest BCUT2D eigenvalue weighted by Gasteiger charge is 2.14. The first-order valence-electron chi connectivity index (χ1n) is 5.98. The Kier molecular flexibility index (Phi) is 3.80. The second kappa shape index (κ2) is 5.52. The third-order valence-electron chi connectivity index (χ3n) is 2.95. The molecule has 98 valence electrons. The Bertz CT molecular complexity index is 609. The normalized spacial score (nSPS) is 10.2. The van der Waals surface area contributed by atoms with Crippen LogP contribution in [0.2, 0.25) is 0 Å². The summed E-state index contributed by atoms with van der Waals surface area (Å²) in [5.41, 5.74) is 8.74. The van der Waals surface area contributed by atoms with Crippen molar-refractivity contribution >= 4 is 11.5 Å². The van der Waals surface area contributed by atoms with Crippen LogP contribution in [0.25, 0.3) is 0 Å². The van der Waals surface area contributed by atoms with E-state index in [1.165, 1.54) is 0 Å². The summed E-state index contributed by atoms with van der Waals surface area (Å²) in [6, 6.07) is 7.21. The maximum absolute atomic E-state index is 12.3. The highest BCUT2D eigenvalue weighted by atomic mass is 16.5. The number of carbonyl (C=O) groups is 1. The lowest BCUT2D eigenvalue weighted by Gasteiger charge is -2.09. The number of aromatic nitrogens is 1. The van der Waals surface area contributed by atoms with Gasteiger partial charge in [-0.15, -0.1) is 0 Å². The average molecular weight is 256 g/mol. The number of benzene rings is 1. The highest BCUT2D eigenvalue weighted by Crippen LogP contribution is 2.22. The molecule has 0 saturated heterocycles. The van der Waals surface area contributed by atoms with Crippen molar-refractivity contribution < 1.29 is 9.53 Å². The van der Waals surface area contributed by atoms with E-state index in [2.05, 4.69) is 4.98 Å². The second-order valence-electron chi connectivity index (χ2n) is 4.38. The number of methoxy groups -OCH3 is 1. The Balaban J connectivity index is 2.28. The number of ether oxygens (including phenoxy) is 1. The van der Waals surface area contributed by atoms with E-state index in [1.54, 1.807) is 31.6 Å². The van der Waals surface area contributed by atoms with Gasteiger partial charge < -0.3 is 10.5 Å². The molecule has 0 radical (unpaired) electrons. The lowest BCUT2D eigenvalue weighted by molar-refractivity contribution is 0.0990. The van der Waals surface area contributed by atoms with Crippen LogP contribution in [0.3, 0.4) is 0 Å². The number of aryl methyl sites for hydroxylation is 1. The van der Waals surface area contributed by atoms with Gasteiger partial charge in [0, 0.05) is 30.1 Å². The number of pyridine rings is 1. The molecule has 0 unspecified atom stereocenters. The zero-order valence-corrected chi connectivity index (χ0v) is 11.0. The topological polar surface area (TPSA) is 65.2 Å². The monoisotopic (exact) mass is 256 g/mol. The summed E-state index contributed by atoms with van der Waals surface area (Å²) >= 11 is 0. The van der Waals surface area contributed by atoms with Gasteiger partial charge in [0.15, 0.2) is 5.78 Å². The van der Waals surface area contributed by atoms with Crippen LogP contribution in [0.15, 0.2) is 36.7 Å². The standard InChI is InChI=1S/C15H16N2O2/c1-10-3-4-12(15(7-10)19-2)14(18)8-11-9-17-6-5-13(11)16/h3-7,9H,8H2,1-2H3,(H2,16,17). The number of nitrogens with zero attached hydrogens (tertiary/aromatic N) is 1. The van der Waals surface area contributed by atoms with Crippen LogP contribution in [-0.4, -0.2) is 17.9 Å². The van der Waals surface area contributed by atoms with Gasteiger partial charge in [-0.25, -0.2) is 0 Å². The molecule has 19 heavy (non-hydrogen) atoms. The molecule has 0 bridgehead atoms. The molecule has 4 heteroatoms. The summed E-state index contributed by atoms with van der Waals surface area (Å²) < 4.78 is 5.25. The van der Waals surface area contributed by atoms with Crippen LogP contribution in [0.1, 0.15) is 21.5 Å². The number of rotatable bonds is 4. The minimum absolute atomic E-state index is 0.0310. The Labute approximate surface area is 112 Å². The largest absolute Gasteiger partial charge is 0.496 e. The zero-order chi connectivity index (χ0) is 13.8. The van der Waals surface area contributed by atoms with Gasteiger partial charge in [0.25, 0.3) is 0 Å². The summed E-state index contributed by atoms with van der Waals surface area (Å²) in [5.74, 6) is 0.559. The molecule has 1 heterocycles. The van der Waals surface area contributed by atoms with Crippen LogP contribution in [0, 0.1) is 6.92 Å². The van der Waals surface area contributed by atoms with Gasteiger partial charge in [0.05, 0.1) is 12.7 Å². The number of hydrogen-bond donors (Lipinski definition) is 1. The summed E-state index contributed by atoms with van der Waals surface area (Å²) in [6.45, 7) is 1.95. The van der Waals surface area contributed by atoms with Gasteiger partial charge in [-0.2, -0.15) is 0 Å². The molecule has 0 fully saturated rings. The Morgan fingerprint density at radius 2 is 2.16 bits per heavy atom. The van der Waals surface area contributed by atoms with Gasteiger partial charge in [0.1, 0.15) is 5.75 Å². The average Bonchev–Trinajstić information content (AvgIpc) is 2.41. The minimum atomic E-state index is -0.0310. The smallest absolute Gasteiger partial charge is 0.171 e. The fourth-order valence-electron chi connectivity index (χ4n) is 1.88. The first-order valence-corrected chi connectivity index (χ1v) is 5.98. The lowest BCUT2D eigenvalue weighted by Crippen LogP contribution is -2.08. The van der Waals surface area contributed by atoms with Crippen molar-refractivity contribution in [3.05, 3.63) is 53.3 Å². The van der Waals surface area contributed by atoms with Gasteiger partial charge >= 0.3 is 0 Å². The predicted molar refractivity (Wildman–Crippen MR) is 74.4 cm³/mol. The third kappa shape index (κ3) is 2.91. The van der Waals surface area contributed by atoms with Crippen LogP contribution in [-0.2, 0) is 6.42 Å². The molecule has 0 aliphatic carbocycles. The van der Waals surface area contributed by atoms with Crippen LogP contribution in [0.4, 0.5) is 5.69 Å². The molecule has 0 atom stereocenters. The molecule has 4 nitrogen and oxygen atoms in total. The summed E-state index contributed by atoms with van der Waals surface area (Å²) in [6.07, 6.45) is 3.45. The molecule has 0 amide bonds. The van der Waals surface area contributed by atoms with E-state index in [0.717, 1.165) is 11.1 Å². The van der Waals surface area contributed by atoms with E-state index in [0.29, 0.717) is 17.0 Å². The Morgan fingerprint density at radius 1 is 1.37 bits per heavy atom. The molecule has 0 spiro atoms. The SMILES string of the molecule is COc1cc(C)ccc1C(=O)Cc1cnccc1N. The molecule has 2 N–H and O–H groups in total. The molecular formula is C15H16N2O2. The fraction of sp³-hybridized carbons (Fsp3) is 0.200. The van der Waals surface area contributed by atoms with Crippen molar-refractivity contribution in [3.63, 3.8) is 0 Å². The summed E-state index contributed by atoms with van der Waals surface area (Å²) in [5, 5.41) is 0. The molecule has 0 aliphatic rings. The van der Waals surface area contributed by atoms with Crippen LogP contribution in [0.5, 0.6) is 5.75 Å². The highest BCUT2D eigenvalue weighted by molar-refractivity contribution is 6.00. The molecule has 1 aromatic carbocycles. The van der Waals surface area contributed by atoms with Crippen molar-refractivity contribution in [1.29, 1.82) is 0 Å². The Hall–Kier alpha value is -2.36. The predicted octanol–water partition coefficient (Wildman–Crippen LogP) is 2.41. The number of nitrogen functional groups attached to an aromatic ring is 1. The van der Waals surface area contributed by atoms with Crippen LogP contribution >= 0.6 is 0 Å². The van der Waals surface area contributed by atoms with Crippen molar-refractivity contribution in [3.8, 4) is 5.75 Å². The lowest BCUT2D eigenvalue weighted by atomic mass is 10.0. The van der Waals surface area contributed by atoms with Gasteiger partial charge in [-0.05, 0) is 30.7 Å². The van der Waals surface area contributed by atoms with E-state index in [-0.39, 0.29) is 12.2 Å². The number of Topliss-reactive ketones (excluding diaryl/α,β-unsaturated/α-hetero) is 1. The number of nitrogens with two attached hydrogens (primary N) is 1. The molecule has 1 aromatic heterocycles. The number of hydrogen-bond acceptors (Lipinski definition) is 4. The first kappa shape index (κ1) is 13.1. The van der Waals surface area contributed by atoms with Crippen LogP contribution < -0.4 is 10.5 Å². The summed E-state index contributed by atoms with van der Waals surface area (Å²) in [7, 11) is 1.56. The maximum atomic E-state index is 12.3. The zero-order valence-electron chi connectivity index (χ0n) is 11.0. The van der Waals surface area contributed by atoms with E-state index >= 15 is 0 Å². The molecule has 0 saturated carbocycles. The number of anilines is 1. The van der Waals surface area contributed by atoms with Crippen molar-refractivity contribution in [1.82, 2.24) is 4.98 Å². The van der Waals surface area contributed by atoms with Gasteiger partial charge in [0.2, 0.25) is 0 Å². The Morgan fingerprint density at radius 3 is 2.84 bits per heavy atom. The summed E-state index contributed by atoms with van der Waals surface area (Å²) in [4.78, 5) is 16.3. The quantitative estimate of drug-likeness (QED) is 0.853. The number of ketones is 1. The maximum Gasteiger partial charge on any atom is 0.171 e. The third-order valence-corrected chi connectivity index (χ3v) is 2.95. The fourth-order valence-corrected chi connectivity index (χ4v) is 1.88. The van der Waals surface area contributed by atoms with E-state index in [4.69, 9.17) is 10.5 Å². The molecule has 2 aromatic rings. The van der Waals surface area contributed by atoms with E-state index in [1.807, 2.05) is 19.1 Å². The van der Waals surface area contributed by atoms with E-state index < -0.39 is 0 Å². The number of carbonyl (C=O) groups excluding carboxylic acids is 1. The van der Waals surface area contributed by atoms with Crippen molar-refractivity contribution in [2.24, 2.45) is 0 Å². The van der Waals surface area contributed by atoms with Crippen molar-refractivity contribution in [2.45, 2.75) is 13.3 Å². The molecule has 0 aliphatic heterocycles. The van der Waals surface area contributed by atoms with Gasteiger partial charge in [-0.1, -0.05) is 6.07 Å². The molecular weight excluding hydrogens is 240 g/mol. The molecule has 2 rings (SSSR count). The minimum Gasteiger partial charge on any atom is -0.496 e.